The second-order valence-electron chi connectivity index (χ2n) is 3.56. The Morgan fingerprint density at radius 2 is 2.00 bits per heavy atom. The number of aromatic amines is 1. The Labute approximate surface area is 96.9 Å². The summed E-state index contributed by atoms with van der Waals surface area (Å²) in [6.45, 7) is 0. The van der Waals surface area contributed by atoms with Gasteiger partial charge >= 0.3 is 5.69 Å². The van der Waals surface area contributed by atoms with Crippen LogP contribution in [0.1, 0.15) is 0 Å². The molecule has 0 amide bonds. The highest BCUT2D eigenvalue weighted by atomic mass is 16.5. The maximum atomic E-state index is 11.5. The SMILES string of the molecule is COc1ccc2[nH]c(=O)n(C)c(=N)c2c1OC. The number of rotatable bonds is 2. The Morgan fingerprint density at radius 3 is 2.59 bits per heavy atom. The summed E-state index contributed by atoms with van der Waals surface area (Å²) in [6, 6.07) is 3.38. The second-order valence-corrected chi connectivity index (χ2v) is 3.56. The summed E-state index contributed by atoms with van der Waals surface area (Å²) >= 11 is 0. The molecule has 0 fully saturated rings. The zero-order chi connectivity index (χ0) is 12.6. The van der Waals surface area contributed by atoms with Gasteiger partial charge in [-0.25, -0.2) is 4.79 Å². The van der Waals surface area contributed by atoms with E-state index in [9.17, 15) is 4.79 Å². The highest BCUT2D eigenvalue weighted by Crippen LogP contribution is 2.31. The molecule has 2 N–H and O–H groups in total. The van der Waals surface area contributed by atoms with E-state index in [2.05, 4.69) is 4.98 Å². The molecule has 17 heavy (non-hydrogen) atoms. The summed E-state index contributed by atoms with van der Waals surface area (Å²) < 4.78 is 11.6. The van der Waals surface area contributed by atoms with Gasteiger partial charge in [-0.3, -0.25) is 9.98 Å². The summed E-state index contributed by atoms with van der Waals surface area (Å²) in [7, 11) is 4.56. The van der Waals surface area contributed by atoms with E-state index in [1.165, 1.54) is 25.8 Å². The zero-order valence-electron chi connectivity index (χ0n) is 9.83. The molecular formula is C11H13N3O3. The van der Waals surface area contributed by atoms with Gasteiger partial charge in [0.2, 0.25) is 0 Å². The van der Waals surface area contributed by atoms with Crippen molar-refractivity contribution >= 4 is 10.9 Å². The average molecular weight is 235 g/mol. The van der Waals surface area contributed by atoms with Crippen LogP contribution >= 0.6 is 0 Å². The Hall–Kier alpha value is -2.24. The van der Waals surface area contributed by atoms with Gasteiger partial charge in [0, 0.05) is 7.05 Å². The zero-order valence-corrected chi connectivity index (χ0v) is 9.83. The van der Waals surface area contributed by atoms with Gasteiger partial charge in [0.25, 0.3) is 0 Å². The molecule has 6 heteroatoms. The van der Waals surface area contributed by atoms with Gasteiger partial charge in [0.15, 0.2) is 11.5 Å². The lowest BCUT2D eigenvalue weighted by Crippen LogP contribution is -2.32. The minimum atomic E-state index is -0.338. The molecule has 0 aliphatic carbocycles. The highest BCUT2D eigenvalue weighted by molar-refractivity contribution is 5.86. The van der Waals surface area contributed by atoms with Crippen LogP contribution in [-0.4, -0.2) is 23.8 Å². The van der Waals surface area contributed by atoms with Crippen molar-refractivity contribution in [3.05, 3.63) is 28.1 Å². The Bertz CT molecular complexity index is 685. The van der Waals surface area contributed by atoms with Crippen molar-refractivity contribution in [3.63, 3.8) is 0 Å². The molecule has 2 aromatic rings. The van der Waals surface area contributed by atoms with Crippen molar-refractivity contribution in [2.24, 2.45) is 7.05 Å². The molecule has 0 bridgehead atoms. The Balaban J connectivity index is 3.03. The van der Waals surface area contributed by atoms with Crippen LogP contribution in [0, 0.1) is 5.41 Å². The molecule has 0 aliphatic heterocycles. The fourth-order valence-electron chi connectivity index (χ4n) is 1.73. The van der Waals surface area contributed by atoms with Crippen molar-refractivity contribution in [2.75, 3.05) is 14.2 Å². The number of hydrogen-bond donors (Lipinski definition) is 2. The summed E-state index contributed by atoms with van der Waals surface area (Å²) in [5.74, 6) is 0.974. The number of methoxy groups -OCH3 is 2. The molecule has 90 valence electrons. The van der Waals surface area contributed by atoms with Gasteiger partial charge in [0.05, 0.1) is 25.1 Å². The van der Waals surface area contributed by atoms with Crippen LogP contribution in [0.2, 0.25) is 0 Å². The van der Waals surface area contributed by atoms with Crippen LogP contribution in [-0.2, 0) is 7.05 Å². The number of aromatic nitrogens is 2. The monoisotopic (exact) mass is 235 g/mol. The molecular weight excluding hydrogens is 222 g/mol. The first-order valence-electron chi connectivity index (χ1n) is 4.98. The molecule has 0 saturated carbocycles. The molecule has 1 aromatic heterocycles. The number of H-pyrrole nitrogens is 1. The van der Waals surface area contributed by atoms with E-state index in [1.54, 1.807) is 12.1 Å². The van der Waals surface area contributed by atoms with E-state index in [-0.39, 0.29) is 11.2 Å². The van der Waals surface area contributed by atoms with Gasteiger partial charge in [-0.15, -0.1) is 0 Å². The molecule has 0 atom stereocenters. The maximum Gasteiger partial charge on any atom is 0.327 e. The highest BCUT2D eigenvalue weighted by Gasteiger charge is 2.12. The summed E-state index contributed by atoms with van der Waals surface area (Å²) in [5.41, 5.74) is 0.296. The molecule has 1 aromatic carbocycles. The Kier molecular flexibility index (Phi) is 2.63. The number of nitrogens with zero attached hydrogens (tertiary/aromatic N) is 1. The molecule has 6 nitrogen and oxygen atoms in total. The minimum Gasteiger partial charge on any atom is -0.493 e. The number of fused-ring (bicyclic) bond motifs is 1. The van der Waals surface area contributed by atoms with Crippen molar-refractivity contribution in [3.8, 4) is 11.5 Å². The topological polar surface area (TPSA) is 80.1 Å². The minimum absolute atomic E-state index is 0.0829. The third-order valence-electron chi connectivity index (χ3n) is 2.66. The standard InChI is InChI=1S/C11H13N3O3/c1-14-10(12)8-6(13-11(14)15)4-5-7(16-2)9(8)17-3/h4-5,12H,1-3H3,(H,13,15). The fourth-order valence-corrected chi connectivity index (χ4v) is 1.73. The molecule has 0 saturated heterocycles. The third kappa shape index (κ3) is 1.57. The maximum absolute atomic E-state index is 11.5. The first kappa shape index (κ1) is 11.3. The molecule has 2 rings (SSSR count). The molecule has 0 unspecified atom stereocenters. The normalized spacial score (nSPS) is 10.5. The van der Waals surface area contributed by atoms with Crippen molar-refractivity contribution < 1.29 is 9.47 Å². The van der Waals surface area contributed by atoms with E-state index >= 15 is 0 Å². The summed E-state index contributed by atoms with van der Waals surface area (Å²) in [6.07, 6.45) is 0. The third-order valence-corrected chi connectivity index (χ3v) is 2.66. The molecule has 0 aliphatic rings. The predicted octanol–water partition coefficient (Wildman–Crippen LogP) is 0.363. The molecule has 0 radical (unpaired) electrons. The average Bonchev–Trinajstić information content (AvgIpc) is 2.34. The van der Waals surface area contributed by atoms with Crippen molar-refractivity contribution in [1.29, 1.82) is 5.41 Å². The number of nitrogens with one attached hydrogen (secondary N) is 2. The predicted molar refractivity (Wildman–Crippen MR) is 62.5 cm³/mol. The summed E-state index contributed by atoms with van der Waals surface area (Å²) in [5, 5.41) is 8.47. The first-order chi connectivity index (χ1) is 8.10. The van der Waals surface area contributed by atoms with Crippen LogP contribution in [0.15, 0.2) is 16.9 Å². The second kappa shape index (κ2) is 3.97. The number of ether oxygens (including phenoxy) is 2. The quantitative estimate of drug-likeness (QED) is 0.788. The van der Waals surface area contributed by atoms with Gasteiger partial charge in [-0.1, -0.05) is 0 Å². The van der Waals surface area contributed by atoms with Crippen LogP contribution in [0.25, 0.3) is 10.9 Å². The van der Waals surface area contributed by atoms with E-state index in [4.69, 9.17) is 14.9 Å². The van der Waals surface area contributed by atoms with Gasteiger partial charge < -0.3 is 14.5 Å². The van der Waals surface area contributed by atoms with Crippen LogP contribution < -0.4 is 20.7 Å². The van der Waals surface area contributed by atoms with Gasteiger partial charge in [-0.2, -0.15) is 0 Å². The number of hydrogen-bond acceptors (Lipinski definition) is 4. The lowest BCUT2D eigenvalue weighted by Gasteiger charge is -2.11. The largest absolute Gasteiger partial charge is 0.493 e. The van der Waals surface area contributed by atoms with Crippen LogP contribution in [0.3, 0.4) is 0 Å². The van der Waals surface area contributed by atoms with Crippen LogP contribution in [0.5, 0.6) is 11.5 Å². The lowest BCUT2D eigenvalue weighted by atomic mass is 10.2. The lowest BCUT2D eigenvalue weighted by molar-refractivity contribution is 0.358. The van der Waals surface area contributed by atoms with E-state index in [1.807, 2.05) is 0 Å². The van der Waals surface area contributed by atoms with E-state index in [0.29, 0.717) is 22.4 Å². The van der Waals surface area contributed by atoms with Gasteiger partial charge in [0.1, 0.15) is 5.49 Å². The first-order valence-corrected chi connectivity index (χ1v) is 4.98. The molecule has 0 spiro atoms. The smallest absolute Gasteiger partial charge is 0.327 e. The fraction of sp³-hybridized carbons (Fsp3) is 0.273. The van der Waals surface area contributed by atoms with E-state index in [0.717, 1.165) is 0 Å². The van der Waals surface area contributed by atoms with Gasteiger partial charge in [-0.05, 0) is 12.1 Å². The molecule has 1 heterocycles. The van der Waals surface area contributed by atoms with Crippen LogP contribution in [0.4, 0.5) is 0 Å². The van der Waals surface area contributed by atoms with Crippen molar-refractivity contribution in [1.82, 2.24) is 9.55 Å². The van der Waals surface area contributed by atoms with E-state index < -0.39 is 0 Å². The Morgan fingerprint density at radius 1 is 1.29 bits per heavy atom. The van der Waals surface area contributed by atoms with Crippen molar-refractivity contribution in [2.45, 2.75) is 0 Å². The number of benzene rings is 1. The summed E-state index contributed by atoms with van der Waals surface area (Å²) in [4.78, 5) is 14.2.